The summed E-state index contributed by atoms with van der Waals surface area (Å²) in [5, 5.41) is 4.65. The van der Waals surface area contributed by atoms with Crippen LogP contribution in [0.15, 0.2) is 24.2 Å². The fraction of sp³-hybridized carbons (Fsp3) is 0.556. The lowest BCUT2D eigenvalue weighted by molar-refractivity contribution is -0.0453. The first-order chi connectivity index (χ1) is 14.3. The highest BCUT2D eigenvalue weighted by molar-refractivity contribution is 5.62. The van der Waals surface area contributed by atoms with E-state index in [0.29, 0.717) is 0 Å². The molecule has 2 heterocycles. The van der Waals surface area contributed by atoms with Crippen molar-refractivity contribution in [3.05, 3.63) is 35.4 Å². The van der Waals surface area contributed by atoms with Gasteiger partial charge in [0, 0.05) is 28.4 Å². The summed E-state index contributed by atoms with van der Waals surface area (Å²) < 4.78 is 90.4. The molecule has 5 atom stereocenters. The number of aliphatic hydroxyl groups is 1. The van der Waals surface area contributed by atoms with E-state index in [-0.39, 0.29) is 35.6 Å². The Morgan fingerprint density at radius 2 is 2.50 bits per heavy atom. The maximum Gasteiger partial charge on any atom is 0.211 e. The van der Waals surface area contributed by atoms with Crippen LogP contribution in [0.5, 0.6) is 11.5 Å². The molecule has 4 heteroatoms. The zero-order valence-corrected chi connectivity index (χ0v) is 12.2. The van der Waals surface area contributed by atoms with Gasteiger partial charge in [-0.2, -0.15) is 0 Å². The average molecular weight is 308 g/mol. The predicted octanol–water partition coefficient (Wildman–Crippen LogP) is 1.50. The van der Waals surface area contributed by atoms with Gasteiger partial charge in [-0.15, -0.1) is 0 Å². The van der Waals surface area contributed by atoms with E-state index >= 15 is 0 Å². The summed E-state index contributed by atoms with van der Waals surface area (Å²) in [5.74, 6) is -2.54. The molecular weight excluding hydrogens is 278 g/mol. The van der Waals surface area contributed by atoms with Crippen molar-refractivity contribution in [1.29, 1.82) is 1.43 Å². The zero-order valence-electron chi connectivity index (χ0n) is 21.2. The molecule has 1 aromatic rings. The van der Waals surface area contributed by atoms with Crippen LogP contribution in [0.2, 0.25) is 0 Å². The van der Waals surface area contributed by atoms with Crippen molar-refractivity contribution < 1.29 is 25.5 Å². The number of ether oxygens (including phenoxy) is 2. The number of likely N-dealkylation sites (N-methyl/N-ethyl adjacent to an activating group) is 1. The van der Waals surface area contributed by atoms with Gasteiger partial charge in [0.05, 0.1) is 12.6 Å². The summed E-state index contributed by atoms with van der Waals surface area (Å²) in [5.41, 5.74) is -2.14. The van der Waals surface area contributed by atoms with Gasteiger partial charge in [0.25, 0.3) is 0 Å². The maximum atomic E-state index is 9.48. The molecule has 1 aromatic carbocycles. The quantitative estimate of drug-likeness (QED) is 0.841. The topological polar surface area (TPSA) is 41.9 Å². The van der Waals surface area contributed by atoms with Gasteiger partial charge < -0.3 is 19.5 Å². The molecule has 5 rings (SSSR count). The minimum Gasteiger partial charge on any atom is -0.493 e. The monoisotopic (exact) mass is 308 g/mol. The molecule has 1 fully saturated rings. The van der Waals surface area contributed by atoms with Gasteiger partial charge in [-0.3, -0.25) is 0 Å². The van der Waals surface area contributed by atoms with E-state index in [2.05, 4.69) is 5.11 Å². The van der Waals surface area contributed by atoms with Crippen LogP contribution in [0.4, 0.5) is 0 Å². The predicted molar refractivity (Wildman–Crippen MR) is 82.5 cm³/mol. The fourth-order valence-corrected chi connectivity index (χ4v) is 3.99. The molecule has 4 aliphatic rings. The Hall–Kier alpha value is -1.52. The number of benzene rings is 1. The van der Waals surface area contributed by atoms with E-state index in [1.54, 1.807) is 0 Å². The summed E-state index contributed by atoms with van der Waals surface area (Å²) in [4.78, 5) is 1.38. The third-order valence-electron chi connectivity index (χ3n) is 4.99. The second kappa shape index (κ2) is 4.06. The smallest absolute Gasteiger partial charge is 0.211 e. The summed E-state index contributed by atoms with van der Waals surface area (Å²) in [6.07, 6.45) is -5.30. The molecule has 0 saturated carbocycles. The first-order valence-electron chi connectivity index (χ1n) is 11.6. The SMILES string of the molecule is [2H]OC1([2H])C=C[C@]2([2H])[C@@]34CCN(C)[C@]2([2H])C([2H])([2H])c2c([2H])c([2H])c(OC)c(c23)OC14[2H]. The van der Waals surface area contributed by atoms with Crippen LogP contribution in [-0.4, -0.2) is 50.3 Å². The summed E-state index contributed by atoms with van der Waals surface area (Å²) in [6, 6.07) is -3.31. The van der Waals surface area contributed by atoms with Gasteiger partial charge in [0.1, 0.15) is 12.2 Å². The van der Waals surface area contributed by atoms with Crippen LogP contribution in [0.3, 0.4) is 0 Å². The number of likely N-dealkylation sites (tertiary alicyclic amines) is 1. The van der Waals surface area contributed by atoms with E-state index in [0.717, 1.165) is 6.08 Å². The van der Waals surface area contributed by atoms with Gasteiger partial charge >= 0.3 is 0 Å². The first kappa shape index (κ1) is 6.93. The van der Waals surface area contributed by atoms with E-state index in [1.165, 1.54) is 25.1 Å². The number of methoxy groups -OCH3 is 1. The van der Waals surface area contributed by atoms with Crippen molar-refractivity contribution in [3.63, 3.8) is 0 Å². The van der Waals surface area contributed by atoms with Gasteiger partial charge in [-0.1, -0.05) is 18.2 Å². The number of rotatable bonds is 2. The molecule has 2 bridgehead atoms. The van der Waals surface area contributed by atoms with Crippen molar-refractivity contribution in [3.8, 4) is 11.5 Å². The average Bonchev–Trinajstić information content (AvgIpc) is 2.98. The third-order valence-corrected chi connectivity index (χ3v) is 4.99. The molecule has 1 spiro atoms. The molecule has 4 nitrogen and oxygen atoms in total. The lowest BCUT2D eigenvalue weighted by Crippen LogP contribution is -2.64. The van der Waals surface area contributed by atoms with Crippen LogP contribution in [-0.2, 0) is 11.8 Å². The lowest BCUT2D eigenvalue weighted by Gasteiger charge is -2.56. The van der Waals surface area contributed by atoms with Crippen molar-refractivity contribution in [2.24, 2.45) is 5.89 Å². The van der Waals surface area contributed by atoms with E-state index < -0.39 is 47.9 Å². The molecule has 1 N–H and O–H groups in total. The Morgan fingerprint density at radius 3 is 3.32 bits per heavy atom. The lowest BCUT2D eigenvalue weighted by atomic mass is 9.53. The second-order valence-corrected chi connectivity index (χ2v) is 5.96. The van der Waals surface area contributed by atoms with E-state index in [4.69, 9.17) is 17.8 Å². The van der Waals surface area contributed by atoms with Crippen LogP contribution >= 0.6 is 0 Å². The molecule has 2 aliphatic heterocycles. The van der Waals surface area contributed by atoms with Gasteiger partial charge in [0.15, 0.2) is 11.5 Å². The summed E-state index contributed by atoms with van der Waals surface area (Å²) in [6.45, 7) is 0.104. The van der Waals surface area contributed by atoms with Crippen LogP contribution in [0, 0.1) is 5.89 Å². The standard InChI is InChI=1S/C18H21NO3/c1-19-8-7-18-11-4-5-13(20)17(18)22-16-14(21-2)6-3-10(15(16)18)9-12(11)19/h3-6,11-13,17,20H,7-9H2,1-2H3/t11-,12+,13?,17?,18-/m0/s1/i3D,6D,9D2,11D,12D,13D,17D,20D. The number of hydrogen-bond acceptors (Lipinski definition) is 4. The molecule has 0 radical (unpaired) electrons. The van der Waals surface area contributed by atoms with Crippen molar-refractivity contribution in [2.75, 3.05) is 20.7 Å². The molecule has 1 saturated heterocycles. The van der Waals surface area contributed by atoms with Crippen LogP contribution < -0.4 is 9.47 Å². The Balaban J connectivity index is 2.07. The largest absolute Gasteiger partial charge is 0.493 e. The number of nitrogens with zero attached hydrogens (tertiary/aromatic N) is 1. The highest BCUT2D eigenvalue weighted by Crippen LogP contribution is 2.62. The normalized spacial score (nSPS) is 62.5. The van der Waals surface area contributed by atoms with E-state index in [1.807, 2.05) is 0 Å². The number of piperidine rings is 1. The maximum absolute atomic E-state index is 9.48. The molecular formula is C18H21NO3. The third kappa shape index (κ3) is 1.28. The Kier molecular flexibility index (Phi) is 1.28. The fourth-order valence-electron chi connectivity index (χ4n) is 3.99. The van der Waals surface area contributed by atoms with Crippen LogP contribution in [0.25, 0.3) is 0 Å². The van der Waals surface area contributed by atoms with E-state index in [9.17, 15) is 4.11 Å². The van der Waals surface area contributed by atoms with Crippen molar-refractivity contribution >= 4 is 0 Å². The van der Waals surface area contributed by atoms with Crippen LogP contribution in [0.1, 0.15) is 28.5 Å². The highest BCUT2D eigenvalue weighted by atomic mass is 16.5. The molecule has 0 amide bonds. The molecule has 116 valence electrons. The molecule has 2 aliphatic carbocycles. The zero-order chi connectivity index (χ0) is 23.0. The first-order valence-corrected chi connectivity index (χ1v) is 7.23. The molecule has 0 aromatic heterocycles. The Morgan fingerprint density at radius 1 is 1.59 bits per heavy atom. The second-order valence-electron chi connectivity index (χ2n) is 5.96. The Bertz CT molecular complexity index is 1070. The summed E-state index contributed by atoms with van der Waals surface area (Å²) in [7, 11) is 2.75. The highest BCUT2D eigenvalue weighted by Gasteiger charge is 2.64. The number of hydrogen-bond donors (Lipinski definition) is 1. The van der Waals surface area contributed by atoms with Gasteiger partial charge in [0.2, 0.25) is 1.43 Å². The molecule has 2 unspecified atom stereocenters. The van der Waals surface area contributed by atoms with Gasteiger partial charge in [-0.25, -0.2) is 0 Å². The minimum absolute atomic E-state index is 0.00523. The van der Waals surface area contributed by atoms with Gasteiger partial charge in [-0.05, 0) is 38.0 Å². The minimum atomic E-state index is -2.61. The molecule has 22 heavy (non-hydrogen) atoms. The van der Waals surface area contributed by atoms with Crippen molar-refractivity contribution in [2.45, 2.75) is 36.4 Å². The Labute approximate surface area is 143 Å². The summed E-state index contributed by atoms with van der Waals surface area (Å²) >= 11 is 0. The van der Waals surface area contributed by atoms with Crippen molar-refractivity contribution in [1.82, 2.24) is 4.90 Å².